The second kappa shape index (κ2) is 7.52. The number of fused-ring (bicyclic) bond motifs is 1. The molecule has 0 saturated heterocycles. The zero-order valence-corrected chi connectivity index (χ0v) is 15.1. The van der Waals surface area contributed by atoms with Gasteiger partial charge in [0, 0.05) is 4.88 Å². The van der Waals surface area contributed by atoms with Crippen molar-refractivity contribution in [3.8, 4) is 0 Å². The molecule has 0 fully saturated rings. The average Bonchev–Trinajstić information content (AvgIpc) is 3.23. The van der Waals surface area contributed by atoms with Crippen LogP contribution >= 0.6 is 11.3 Å². The lowest BCUT2D eigenvalue weighted by Crippen LogP contribution is -2.30. The minimum Gasteiger partial charge on any atom is -0.467 e. The quantitative estimate of drug-likeness (QED) is 0.655. The number of nitrogens with zero attached hydrogens (tertiary/aromatic N) is 2. The molecule has 8 nitrogen and oxygen atoms in total. The molecule has 0 aliphatic rings. The van der Waals surface area contributed by atoms with E-state index in [4.69, 9.17) is 9.15 Å². The van der Waals surface area contributed by atoms with Crippen molar-refractivity contribution in [2.24, 2.45) is 0 Å². The van der Waals surface area contributed by atoms with Crippen LogP contribution in [0.4, 0.5) is 0 Å². The fraction of sp³-hybridized carbons (Fsp3) is 0.294. The third-order valence-electron chi connectivity index (χ3n) is 3.86. The van der Waals surface area contributed by atoms with E-state index < -0.39 is 18.5 Å². The van der Waals surface area contributed by atoms with E-state index >= 15 is 0 Å². The summed E-state index contributed by atoms with van der Waals surface area (Å²) in [4.78, 5) is 42.0. The van der Waals surface area contributed by atoms with Gasteiger partial charge in [0.05, 0.1) is 24.5 Å². The molecule has 1 amide bonds. The Kier molecular flexibility index (Phi) is 5.17. The Labute approximate surface area is 152 Å². The first-order valence-corrected chi connectivity index (χ1v) is 8.67. The van der Waals surface area contributed by atoms with Crippen molar-refractivity contribution in [1.29, 1.82) is 0 Å². The monoisotopic (exact) mass is 375 g/mol. The van der Waals surface area contributed by atoms with Crippen molar-refractivity contribution >= 4 is 33.4 Å². The summed E-state index contributed by atoms with van der Waals surface area (Å²) in [6.45, 7) is 3.24. The molecule has 3 heterocycles. The zero-order chi connectivity index (χ0) is 18.7. The molecule has 0 spiro atoms. The molecule has 9 heteroatoms. The standard InChI is InChI=1S/C17H17N3O5S/c1-10-11(2)26-16-15(10)17(23)20(9-19-16)7-14(22)25-8-13(21)18-6-12-4-3-5-24-12/h3-5,9H,6-8H2,1-2H3,(H,18,21). The second-order valence-corrected chi connectivity index (χ2v) is 6.86. The van der Waals surface area contributed by atoms with E-state index in [1.807, 2.05) is 13.8 Å². The molecule has 0 aromatic carbocycles. The van der Waals surface area contributed by atoms with E-state index in [9.17, 15) is 14.4 Å². The van der Waals surface area contributed by atoms with E-state index in [1.165, 1.54) is 28.5 Å². The fourth-order valence-corrected chi connectivity index (χ4v) is 3.35. The van der Waals surface area contributed by atoms with Crippen LogP contribution in [-0.4, -0.2) is 28.0 Å². The molecule has 0 unspecified atom stereocenters. The van der Waals surface area contributed by atoms with Crippen LogP contribution < -0.4 is 10.9 Å². The first kappa shape index (κ1) is 17.9. The van der Waals surface area contributed by atoms with Crippen molar-refractivity contribution in [1.82, 2.24) is 14.9 Å². The number of carbonyl (C=O) groups excluding carboxylic acids is 2. The normalized spacial score (nSPS) is 10.8. The number of aromatic nitrogens is 2. The van der Waals surface area contributed by atoms with Gasteiger partial charge >= 0.3 is 5.97 Å². The van der Waals surface area contributed by atoms with Gasteiger partial charge in [0.15, 0.2) is 6.61 Å². The third kappa shape index (κ3) is 3.83. The molecule has 136 valence electrons. The molecule has 0 bridgehead atoms. The first-order chi connectivity index (χ1) is 12.5. The summed E-state index contributed by atoms with van der Waals surface area (Å²) in [5.41, 5.74) is 0.568. The number of esters is 1. The van der Waals surface area contributed by atoms with Crippen LogP contribution in [-0.2, 0) is 27.4 Å². The van der Waals surface area contributed by atoms with Crippen molar-refractivity contribution in [3.63, 3.8) is 0 Å². The summed E-state index contributed by atoms with van der Waals surface area (Å²) in [5, 5.41) is 3.07. The fourth-order valence-electron chi connectivity index (χ4n) is 2.36. The maximum absolute atomic E-state index is 12.5. The summed E-state index contributed by atoms with van der Waals surface area (Å²) in [6.07, 6.45) is 2.82. The van der Waals surface area contributed by atoms with E-state index in [1.54, 1.807) is 12.1 Å². The van der Waals surface area contributed by atoms with Crippen LogP contribution in [0.3, 0.4) is 0 Å². The van der Waals surface area contributed by atoms with Gasteiger partial charge in [0.2, 0.25) is 0 Å². The first-order valence-electron chi connectivity index (χ1n) is 7.85. The SMILES string of the molecule is Cc1sc2ncn(CC(=O)OCC(=O)NCc3ccco3)c(=O)c2c1C. The number of thiophene rings is 1. The maximum atomic E-state index is 12.5. The Hall–Kier alpha value is -2.94. The Morgan fingerprint density at radius 3 is 2.92 bits per heavy atom. The van der Waals surface area contributed by atoms with Crippen LogP contribution in [0.5, 0.6) is 0 Å². The number of amides is 1. The molecular formula is C17H17N3O5S. The van der Waals surface area contributed by atoms with E-state index in [0.29, 0.717) is 16.0 Å². The zero-order valence-electron chi connectivity index (χ0n) is 14.3. The van der Waals surface area contributed by atoms with Crippen molar-refractivity contribution < 1.29 is 18.7 Å². The van der Waals surface area contributed by atoms with Crippen LogP contribution in [0, 0.1) is 13.8 Å². The van der Waals surface area contributed by atoms with Gasteiger partial charge in [-0.05, 0) is 31.5 Å². The summed E-state index contributed by atoms with van der Waals surface area (Å²) in [6, 6.07) is 3.43. The van der Waals surface area contributed by atoms with E-state index in [2.05, 4.69) is 10.3 Å². The second-order valence-electron chi connectivity index (χ2n) is 5.66. The van der Waals surface area contributed by atoms with Gasteiger partial charge in [-0.1, -0.05) is 0 Å². The third-order valence-corrected chi connectivity index (χ3v) is 4.97. The highest BCUT2D eigenvalue weighted by atomic mass is 32.1. The number of hydrogen-bond acceptors (Lipinski definition) is 7. The molecule has 3 rings (SSSR count). The van der Waals surface area contributed by atoms with Gasteiger partial charge in [0.1, 0.15) is 17.1 Å². The summed E-state index contributed by atoms with van der Waals surface area (Å²) in [7, 11) is 0. The molecular weight excluding hydrogens is 358 g/mol. The Bertz CT molecular complexity index is 1000. The van der Waals surface area contributed by atoms with Gasteiger partial charge in [-0.3, -0.25) is 19.0 Å². The van der Waals surface area contributed by atoms with Crippen molar-refractivity contribution in [2.75, 3.05) is 6.61 Å². The lowest BCUT2D eigenvalue weighted by Gasteiger charge is -2.07. The number of hydrogen-bond donors (Lipinski definition) is 1. The average molecular weight is 375 g/mol. The van der Waals surface area contributed by atoms with Crippen LogP contribution in [0.25, 0.3) is 10.2 Å². The smallest absolute Gasteiger partial charge is 0.326 e. The molecule has 3 aromatic rings. The molecule has 0 aliphatic carbocycles. The highest BCUT2D eigenvalue weighted by Gasteiger charge is 2.15. The highest BCUT2D eigenvalue weighted by Crippen LogP contribution is 2.25. The van der Waals surface area contributed by atoms with Crippen molar-refractivity contribution in [2.45, 2.75) is 26.9 Å². The largest absolute Gasteiger partial charge is 0.467 e. The topological polar surface area (TPSA) is 103 Å². The Balaban J connectivity index is 1.57. The molecule has 0 radical (unpaired) electrons. The number of carbonyl (C=O) groups is 2. The predicted molar refractivity (Wildman–Crippen MR) is 94.9 cm³/mol. The number of furan rings is 1. The number of aryl methyl sites for hydroxylation is 2. The number of rotatable bonds is 6. The number of nitrogens with one attached hydrogen (secondary N) is 1. The predicted octanol–water partition coefficient (Wildman–Crippen LogP) is 1.53. The van der Waals surface area contributed by atoms with E-state index in [-0.39, 0.29) is 18.6 Å². The van der Waals surface area contributed by atoms with Gasteiger partial charge in [-0.2, -0.15) is 0 Å². The van der Waals surface area contributed by atoms with Gasteiger partial charge in [-0.15, -0.1) is 11.3 Å². The molecule has 3 aromatic heterocycles. The minimum absolute atomic E-state index is 0.209. The minimum atomic E-state index is -0.689. The summed E-state index contributed by atoms with van der Waals surface area (Å²) >= 11 is 1.44. The molecule has 26 heavy (non-hydrogen) atoms. The molecule has 1 N–H and O–H groups in total. The molecule has 0 atom stereocenters. The van der Waals surface area contributed by atoms with Crippen LogP contribution in [0.1, 0.15) is 16.2 Å². The van der Waals surface area contributed by atoms with Crippen LogP contribution in [0.15, 0.2) is 33.9 Å². The van der Waals surface area contributed by atoms with Crippen molar-refractivity contribution in [3.05, 3.63) is 51.3 Å². The Morgan fingerprint density at radius 2 is 2.19 bits per heavy atom. The number of ether oxygens (including phenoxy) is 1. The summed E-state index contributed by atoms with van der Waals surface area (Å²) < 4.78 is 11.2. The van der Waals surface area contributed by atoms with Gasteiger partial charge in [0.25, 0.3) is 11.5 Å². The Morgan fingerprint density at radius 1 is 1.38 bits per heavy atom. The highest BCUT2D eigenvalue weighted by molar-refractivity contribution is 7.18. The maximum Gasteiger partial charge on any atom is 0.326 e. The van der Waals surface area contributed by atoms with Crippen LogP contribution in [0.2, 0.25) is 0 Å². The molecule has 0 aliphatic heterocycles. The molecule has 0 saturated carbocycles. The van der Waals surface area contributed by atoms with E-state index in [0.717, 1.165) is 10.4 Å². The summed E-state index contributed by atoms with van der Waals surface area (Å²) in [5.74, 6) is -0.553. The lowest BCUT2D eigenvalue weighted by atomic mass is 10.2. The lowest BCUT2D eigenvalue weighted by molar-refractivity contribution is -0.149. The van der Waals surface area contributed by atoms with Gasteiger partial charge in [-0.25, -0.2) is 4.98 Å². The van der Waals surface area contributed by atoms with Gasteiger partial charge < -0.3 is 14.5 Å².